The molecule has 0 aliphatic rings. The van der Waals surface area contributed by atoms with Gasteiger partial charge in [-0.15, -0.1) is 0 Å². The van der Waals surface area contributed by atoms with E-state index in [4.69, 9.17) is 11.6 Å². The number of amides is 1. The molecule has 0 aromatic heterocycles. The van der Waals surface area contributed by atoms with Gasteiger partial charge in [0.15, 0.2) is 0 Å². The zero-order valence-electron chi connectivity index (χ0n) is 9.31. The van der Waals surface area contributed by atoms with Gasteiger partial charge in [-0.1, -0.05) is 33.6 Å². The molecule has 0 spiro atoms. The molecule has 2 nitrogen and oxygen atoms in total. The first-order chi connectivity index (χ1) is 8.13. The van der Waals surface area contributed by atoms with E-state index < -0.39 is 5.82 Å². The molecular weight excluding hydrogens is 308 g/mol. The van der Waals surface area contributed by atoms with Crippen LogP contribution in [-0.4, -0.2) is 11.2 Å². The minimum absolute atomic E-state index is 0.00592. The van der Waals surface area contributed by atoms with Crippen molar-refractivity contribution in [1.29, 1.82) is 0 Å². The minimum Gasteiger partial charge on any atom is -0.352 e. The summed E-state index contributed by atoms with van der Waals surface area (Å²) in [4.78, 5) is 11.4. The highest BCUT2D eigenvalue weighted by molar-refractivity contribution is 9.09. The zero-order valence-corrected chi connectivity index (χ0v) is 11.7. The molecule has 1 aromatic rings. The minimum atomic E-state index is -0.445. The summed E-state index contributed by atoms with van der Waals surface area (Å²) in [5, 5.41) is 3.76. The van der Waals surface area contributed by atoms with E-state index in [1.54, 1.807) is 6.07 Å². The van der Waals surface area contributed by atoms with Crippen LogP contribution >= 0.6 is 27.5 Å². The molecule has 94 valence electrons. The Bertz CT molecular complexity index is 387. The van der Waals surface area contributed by atoms with E-state index in [1.807, 2.05) is 0 Å². The summed E-state index contributed by atoms with van der Waals surface area (Å²) in [6.07, 6.45) is 2.36. The van der Waals surface area contributed by atoms with Gasteiger partial charge in [-0.2, -0.15) is 0 Å². The Morgan fingerprint density at radius 3 is 2.82 bits per heavy atom. The number of halogens is 3. The van der Waals surface area contributed by atoms with Crippen molar-refractivity contribution in [2.75, 3.05) is 5.33 Å². The van der Waals surface area contributed by atoms with E-state index in [9.17, 15) is 9.18 Å². The van der Waals surface area contributed by atoms with Crippen molar-refractivity contribution in [3.8, 4) is 0 Å². The molecule has 1 N–H and O–H groups in total. The van der Waals surface area contributed by atoms with Gasteiger partial charge in [-0.05, 0) is 30.5 Å². The van der Waals surface area contributed by atoms with Gasteiger partial charge in [-0.25, -0.2) is 4.39 Å². The summed E-state index contributed by atoms with van der Waals surface area (Å²) < 4.78 is 12.9. The second kappa shape index (κ2) is 7.67. The zero-order chi connectivity index (χ0) is 12.7. The third-order valence-electron chi connectivity index (χ3n) is 2.26. The van der Waals surface area contributed by atoms with Crippen molar-refractivity contribution in [3.63, 3.8) is 0 Å². The van der Waals surface area contributed by atoms with Gasteiger partial charge in [0.05, 0.1) is 5.02 Å². The molecule has 1 aromatic carbocycles. The number of unbranched alkanes of at least 4 members (excludes halogenated alkanes) is 1. The average Bonchev–Trinajstić information content (AvgIpc) is 2.31. The van der Waals surface area contributed by atoms with Gasteiger partial charge in [0.2, 0.25) is 5.91 Å². The summed E-state index contributed by atoms with van der Waals surface area (Å²) in [7, 11) is 0. The molecule has 17 heavy (non-hydrogen) atoms. The monoisotopic (exact) mass is 321 g/mol. The van der Waals surface area contributed by atoms with Crippen molar-refractivity contribution in [2.45, 2.75) is 25.8 Å². The number of carbonyl (C=O) groups is 1. The number of carbonyl (C=O) groups excluding carboxylic acids is 1. The van der Waals surface area contributed by atoms with Gasteiger partial charge < -0.3 is 5.32 Å². The summed E-state index contributed by atoms with van der Waals surface area (Å²) >= 11 is 8.95. The Balaban J connectivity index is 2.34. The van der Waals surface area contributed by atoms with Crippen LogP contribution < -0.4 is 5.32 Å². The third kappa shape index (κ3) is 5.50. The summed E-state index contributed by atoms with van der Waals surface area (Å²) in [6, 6.07) is 4.43. The number of hydrogen-bond donors (Lipinski definition) is 1. The molecule has 1 amide bonds. The highest BCUT2D eigenvalue weighted by atomic mass is 79.9. The van der Waals surface area contributed by atoms with Crippen molar-refractivity contribution in [3.05, 3.63) is 34.6 Å². The van der Waals surface area contributed by atoms with Crippen LogP contribution in [0.15, 0.2) is 18.2 Å². The SMILES string of the molecule is O=C(CCCCBr)NCc1ccc(F)c(Cl)c1. The van der Waals surface area contributed by atoms with Crippen LogP contribution in [0.3, 0.4) is 0 Å². The van der Waals surface area contributed by atoms with Crippen molar-refractivity contribution in [2.24, 2.45) is 0 Å². The first kappa shape index (κ1) is 14.5. The topological polar surface area (TPSA) is 29.1 Å². The van der Waals surface area contributed by atoms with Gasteiger partial charge in [0.1, 0.15) is 5.82 Å². The number of rotatable bonds is 6. The van der Waals surface area contributed by atoms with Crippen LogP contribution in [0, 0.1) is 5.82 Å². The van der Waals surface area contributed by atoms with Crippen LogP contribution in [0.25, 0.3) is 0 Å². The van der Waals surface area contributed by atoms with Crippen molar-refractivity contribution in [1.82, 2.24) is 5.32 Å². The molecule has 0 radical (unpaired) electrons. The fourth-order valence-electron chi connectivity index (χ4n) is 1.32. The lowest BCUT2D eigenvalue weighted by molar-refractivity contribution is -0.121. The highest BCUT2D eigenvalue weighted by Crippen LogP contribution is 2.15. The molecule has 1 rings (SSSR count). The Morgan fingerprint density at radius 1 is 1.41 bits per heavy atom. The molecule has 0 atom stereocenters. The number of alkyl halides is 1. The molecule has 0 aliphatic carbocycles. The lowest BCUT2D eigenvalue weighted by Gasteiger charge is -2.05. The standard InChI is InChI=1S/C12H14BrClFNO/c13-6-2-1-3-12(17)16-8-9-4-5-11(15)10(14)7-9/h4-5,7H,1-3,6,8H2,(H,16,17). The van der Waals surface area contributed by atoms with E-state index in [0.717, 1.165) is 23.7 Å². The van der Waals surface area contributed by atoms with Crippen LogP contribution in [0.4, 0.5) is 4.39 Å². The highest BCUT2D eigenvalue weighted by Gasteiger charge is 2.03. The average molecular weight is 323 g/mol. The molecule has 0 heterocycles. The molecule has 0 fully saturated rings. The lowest BCUT2D eigenvalue weighted by atomic mass is 10.2. The molecule has 0 saturated carbocycles. The van der Waals surface area contributed by atoms with Crippen molar-refractivity contribution < 1.29 is 9.18 Å². The summed E-state index contributed by atoms with van der Waals surface area (Å²) in [5.74, 6) is -0.439. The lowest BCUT2D eigenvalue weighted by Crippen LogP contribution is -2.22. The number of benzene rings is 1. The van der Waals surface area contributed by atoms with E-state index in [2.05, 4.69) is 21.2 Å². The molecule has 5 heteroatoms. The Kier molecular flexibility index (Phi) is 6.52. The van der Waals surface area contributed by atoms with Crippen molar-refractivity contribution >= 4 is 33.4 Å². The fourth-order valence-corrected chi connectivity index (χ4v) is 1.92. The van der Waals surface area contributed by atoms with Crippen LogP contribution in [0.2, 0.25) is 5.02 Å². The maximum Gasteiger partial charge on any atom is 0.220 e. The van der Waals surface area contributed by atoms with Crippen LogP contribution in [0.1, 0.15) is 24.8 Å². The van der Waals surface area contributed by atoms with Crippen LogP contribution in [0.5, 0.6) is 0 Å². The maximum atomic E-state index is 12.9. The smallest absolute Gasteiger partial charge is 0.220 e. The van der Waals surface area contributed by atoms with E-state index in [1.165, 1.54) is 12.1 Å². The molecule has 0 unspecified atom stereocenters. The molecular formula is C12H14BrClFNO. The first-order valence-corrected chi connectivity index (χ1v) is 6.90. The molecule has 0 bridgehead atoms. The summed E-state index contributed by atoms with van der Waals surface area (Å²) in [6.45, 7) is 0.382. The van der Waals surface area contributed by atoms with Gasteiger partial charge in [-0.3, -0.25) is 4.79 Å². The fraction of sp³-hybridized carbons (Fsp3) is 0.417. The molecule has 0 aliphatic heterocycles. The second-order valence-corrected chi connectivity index (χ2v) is 4.87. The second-order valence-electron chi connectivity index (χ2n) is 3.67. The first-order valence-electron chi connectivity index (χ1n) is 5.40. The molecule has 0 saturated heterocycles. The largest absolute Gasteiger partial charge is 0.352 e. The normalized spacial score (nSPS) is 10.3. The Hall–Kier alpha value is -0.610. The summed E-state index contributed by atoms with van der Waals surface area (Å²) in [5.41, 5.74) is 0.797. The van der Waals surface area contributed by atoms with Gasteiger partial charge >= 0.3 is 0 Å². The van der Waals surface area contributed by atoms with Crippen LogP contribution in [-0.2, 0) is 11.3 Å². The maximum absolute atomic E-state index is 12.9. The predicted molar refractivity (Wildman–Crippen MR) is 70.9 cm³/mol. The van der Waals surface area contributed by atoms with E-state index in [0.29, 0.717) is 13.0 Å². The quantitative estimate of drug-likeness (QED) is 0.628. The van der Waals surface area contributed by atoms with E-state index >= 15 is 0 Å². The Labute approximate surface area is 114 Å². The van der Waals surface area contributed by atoms with Gasteiger partial charge in [0.25, 0.3) is 0 Å². The number of hydrogen-bond acceptors (Lipinski definition) is 1. The Morgan fingerprint density at radius 2 is 2.18 bits per heavy atom. The van der Waals surface area contributed by atoms with Gasteiger partial charge in [0, 0.05) is 18.3 Å². The number of nitrogens with one attached hydrogen (secondary N) is 1. The predicted octanol–water partition coefficient (Wildman–Crippen LogP) is 3.66. The van der Waals surface area contributed by atoms with E-state index in [-0.39, 0.29) is 10.9 Å². The third-order valence-corrected chi connectivity index (χ3v) is 3.11.